The molecule has 1 amide bonds. The molecule has 1 N–H and O–H groups in total. The Bertz CT molecular complexity index is 1030. The summed E-state index contributed by atoms with van der Waals surface area (Å²) in [6.45, 7) is 4.67. The number of ketones is 1. The van der Waals surface area contributed by atoms with Crippen molar-refractivity contribution in [3.05, 3.63) is 89.5 Å². The van der Waals surface area contributed by atoms with Crippen molar-refractivity contribution in [2.24, 2.45) is 0 Å². The Morgan fingerprint density at radius 2 is 1.76 bits per heavy atom. The number of hydrogen-bond donors (Lipinski definition) is 1. The van der Waals surface area contributed by atoms with Crippen LogP contribution in [0.3, 0.4) is 0 Å². The molecule has 0 bridgehead atoms. The lowest BCUT2D eigenvalue weighted by atomic mass is 10.0. The summed E-state index contributed by atoms with van der Waals surface area (Å²) in [7, 11) is 0. The van der Waals surface area contributed by atoms with Crippen LogP contribution in [0, 0.1) is 12.3 Å². The first-order valence-corrected chi connectivity index (χ1v) is 11.2. The van der Waals surface area contributed by atoms with Crippen LogP contribution >= 0.6 is 0 Å². The minimum Gasteiger partial charge on any atom is -0.484 e. The highest BCUT2D eigenvalue weighted by Gasteiger charge is 2.21. The van der Waals surface area contributed by atoms with Crippen molar-refractivity contribution in [2.45, 2.75) is 25.8 Å². The molecule has 0 unspecified atom stereocenters. The highest BCUT2D eigenvalue weighted by molar-refractivity contribution is 6.08. The predicted molar refractivity (Wildman–Crippen MR) is 131 cm³/mol. The molecule has 1 fully saturated rings. The average molecular weight is 443 g/mol. The topological polar surface area (TPSA) is 58.6 Å². The summed E-state index contributed by atoms with van der Waals surface area (Å²) >= 11 is 0. The van der Waals surface area contributed by atoms with Gasteiger partial charge in [-0.15, -0.1) is 6.42 Å². The molecule has 5 heteroatoms. The lowest BCUT2D eigenvalue weighted by molar-refractivity contribution is -0.124. The lowest BCUT2D eigenvalue weighted by Crippen LogP contribution is -2.46. The van der Waals surface area contributed by atoms with Crippen LogP contribution in [-0.2, 0) is 4.79 Å². The number of piperidine rings is 1. The second kappa shape index (κ2) is 12.4. The summed E-state index contributed by atoms with van der Waals surface area (Å²) in [5.74, 6) is 2.90. The molecule has 0 saturated carbocycles. The van der Waals surface area contributed by atoms with Gasteiger partial charge >= 0.3 is 0 Å². The van der Waals surface area contributed by atoms with Crippen LogP contribution in [0.5, 0.6) is 5.75 Å². The smallest absolute Gasteiger partial charge is 0.258 e. The van der Waals surface area contributed by atoms with E-state index in [9.17, 15) is 9.59 Å². The molecule has 1 saturated heterocycles. The fraction of sp³-hybridized carbons (Fsp3) is 0.286. The van der Waals surface area contributed by atoms with Gasteiger partial charge in [-0.1, -0.05) is 42.3 Å². The highest BCUT2D eigenvalue weighted by atomic mass is 16.5. The molecular weight excluding hydrogens is 412 g/mol. The number of benzene rings is 2. The lowest BCUT2D eigenvalue weighted by Gasteiger charge is -2.32. The summed E-state index contributed by atoms with van der Waals surface area (Å²) in [6.07, 6.45) is 12.9. The van der Waals surface area contributed by atoms with Crippen LogP contribution in [0.25, 0.3) is 0 Å². The van der Waals surface area contributed by atoms with Gasteiger partial charge in [-0.2, -0.15) is 0 Å². The van der Waals surface area contributed by atoms with Gasteiger partial charge in [0.2, 0.25) is 0 Å². The Morgan fingerprint density at radius 1 is 1.09 bits per heavy atom. The summed E-state index contributed by atoms with van der Waals surface area (Å²) in [5.41, 5.74) is 2.42. The monoisotopic (exact) mass is 442 g/mol. The number of carbonyl (C=O) groups is 2. The maximum Gasteiger partial charge on any atom is 0.258 e. The summed E-state index contributed by atoms with van der Waals surface area (Å²) in [6, 6.07) is 16.2. The molecular formula is C28H30N2O3. The first kappa shape index (κ1) is 24.0. The third kappa shape index (κ3) is 7.48. The van der Waals surface area contributed by atoms with Gasteiger partial charge in [0.25, 0.3) is 5.91 Å². The third-order valence-electron chi connectivity index (χ3n) is 5.65. The average Bonchev–Trinajstić information content (AvgIpc) is 2.86. The summed E-state index contributed by atoms with van der Waals surface area (Å²) in [4.78, 5) is 27.2. The number of likely N-dealkylation sites (tertiary alicyclic amines) is 1. The molecule has 1 heterocycles. The zero-order valence-corrected chi connectivity index (χ0v) is 19.0. The normalized spacial score (nSPS) is 15.2. The number of amides is 1. The van der Waals surface area contributed by atoms with Gasteiger partial charge < -0.3 is 10.1 Å². The molecule has 2 aromatic rings. The summed E-state index contributed by atoms with van der Waals surface area (Å²) in [5, 5.41) is 3.06. The van der Waals surface area contributed by atoms with Crippen LogP contribution in [0.1, 0.15) is 35.7 Å². The molecule has 3 rings (SSSR count). The Hall–Kier alpha value is -3.62. The fourth-order valence-corrected chi connectivity index (χ4v) is 3.77. The number of allylic oxidation sites excluding steroid dienone is 2. The molecule has 5 nitrogen and oxygen atoms in total. The number of nitrogens with zero attached hydrogens (tertiary/aromatic N) is 1. The molecule has 0 aliphatic carbocycles. The Morgan fingerprint density at radius 3 is 2.39 bits per heavy atom. The van der Waals surface area contributed by atoms with E-state index in [1.807, 2.05) is 31.2 Å². The van der Waals surface area contributed by atoms with E-state index in [0.717, 1.165) is 32.5 Å². The van der Waals surface area contributed by atoms with E-state index < -0.39 is 0 Å². The molecule has 2 aromatic carbocycles. The van der Waals surface area contributed by atoms with Gasteiger partial charge in [-0.05, 0) is 61.8 Å². The van der Waals surface area contributed by atoms with Crippen molar-refractivity contribution in [1.82, 2.24) is 10.2 Å². The van der Waals surface area contributed by atoms with Crippen molar-refractivity contribution in [1.29, 1.82) is 0 Å². The molecule has 1 aliphatic heterocycles. The molecule has 33 heavy (non-hydrogen) atoms. The van der Waals surface area contributed by atoms with E-state index in [4.69, 9.17) is 11.2 Å². The molecule has 0 aromatic heterocycles. The van der Waals surface area contributed by atoms with Gasteiger partial charge in [-0.25, -0.2) is 0 Å². The van der Waals surface area contributed by atoms with Crippen LogP contribution in [-0.4, -0.2) is 48.9 Å². The van der Waals surface area contributed by atoms with Crippen LogP contribution < -0.4 is 10.1 Å². The van der Waals surface area contributed by atoms with E-state index >= 15 is 0 Å². The van der Waals surface area contributed by atoms with Crippen molar-refractivity contribution < 1.29 is 14.3 Å². The predicted octanol–water partition coefficient (Wildman–Crippen LogP) is 4.01. The minimum absolute atomic E-state index is 0.0418. The maximum atomic E-state index is 12.5. The van der Waals surface area contributed by atoms with Gasteiger partial charge in [-0.3, -0.25) is 14.5 Å². The molecule has 0 radical (unpaired) electrons. The van der Waals surface area contributed by atoms with Crippen LogP contribution in [0.4, 0.5) is 0 Å². The van der Waals surface area contributed by atoms with E-state index in [1.165, 1.54) is 5.57 Å². The van der Waals surface area contributed by atoms with Crippen LogP contribution in [0.15, 0.2) is 78.4 Å². The van der Waals surface area contributed by atoms with E-state index in [1.54, 1.807) is 42.5 Å². The molecule has 1 aliphatic rings. The van der Waals surface area contributed by atoms with Crippen LogP contribution in [0.2, 0.25) is 0 Å². The fourth-order valence-electron chi connectivity index (χ4n) is 3.77. The summed E-state index contributed by atoms with van der Waals surface area (Å²) < 4.78 is 5.61. The number of ether oxygens (including phenoxy) is 1. The van der Waals surface area contributed by atoms with Crippen molar-refractivity contribution in [3.8, 4) is 18.1 Å². The number of carbonyl (C=O) groups excluding carboxylic acids is 2. The Labute approximate surface area is 196 Å². The second-order valence-corrected chi connectivity index (χ2v) is 7.99. The maximum absolute atomic E-state index is 12.5. The first-order valence-electron chi connectivity index (χ1n) is 11.2. The quantitative estimate of drug-likeness (QED) is 0.362. The zero-order chi connectivity index (χ0) is 23.5. The second-order valence-electron chi connectivity index (χ2n) is 7.99. The van der Waals surface area contributed by atoms with E-state index in [2.05, 4.69) is 22.2 Å². The first-order chi connectivity index (χ1) is 16.1. The minimum atomic E-state index is -0.135. The zero-order valence-electron chi connectivity index (χ0n) is 19.0. The number of nitrogens with one attached hydrogen (secondary N) is 1. The van der Waals surface area contributed by atoms with Gasteiger partial charge in [0.05, 0.1) is 0 Å². The molecule has 0 spiro atoms. The number of rotatable bonds is 9. The van der Waals surface area contributed by atoms with Crippen molar-refractivity contribution in [2.75, 3.05) is 26.2 Å². The SMILES string of the molecule is C#C/C=C\C(=C/C)CN1CCC(NC(=O)COc2ccc(C(=O)c3ccccc3)cc2)CC1. The standard InChI is InChI=1S/C28H30N2O3/c1-3-5-9-22(4-2)20-30-18-16-25(17-19-30)29-27(31)21-33-26-14-12-24(13-15-26)28(32)23-10-7-6-8-11-23/h1,4-15,25H,16-21H2,2H3,(H,29,31)/b9-5-,22-4+. The number of hydrogen-bond acceptors (Lipinski definition) is 4. The third-order valence-corrected chi connectivity index (χ3v) is 5.65. The molecule has 170 valence electrons. The Balaban J connectivity index is 1.40. The molecule has 0 atom stereocenters. The Kier molecular flexibility index (Phi) is 9.05. The van der Waals surface area contributed by atoms with Crippen molar-refractivity contribution in [3.63, 3.8) is 0 Å². The van der Waals surface area contributed by atoms with Gasteiger partial charge in [0.15, 0.2) is 12.4 Å². The van der Waals surface area contributed by atoms with E-state index in [-0.39, 0.29) is 24.3 Å². The number of terminal acetylenes is 1. The van der Waals surface area contributed by atoms with Gasteiger partial charge in [0, 0.05) is 36.8 Å². The van der Waals surface area contributed by atoms with E-state index in [0.29, 0.717) is 16.9 Å². The van der Waals surface area contributed by atoms with Crippen molar-refractivity contribution >= 4 is 11.7 Å². The largest absolute Gasteiger partial charge is 0.484 e. The highest BCUT2D eigenvalue weighted by Crippen LogP contribution is 2.16. The van der Waals surface area contributed by atoms with Gasteiger partial charge in [0.1, 0.15) is 5.75 Å².